The first kappa shape index (κ1) is 14.2. The van der Waals surface area contributed by atoms with Crippen molar-refractivity contribution in [2.45, 2.75) is 25.4 Å². The molecule has 0 spiro atoms. The van der Waals surface area contributed by atoms with Crippen molar-refractivity contribution in [1.29, 1.82) is 0 Å². The molecule has 1 saturated heterocycles. The highest BCUT2D eigenvalue weighted by atomic mass is 16.5. The Balaban J connectivity index is 1.74. The number of hydrogen-bond donors (Lipinski definition) is 1. The van der Waals surface area contributed by atoms with Gasteiger partial charge in [-0.2, -0.15) is 0 Å². The van der Waals surface area contributed by atoms with Gasteiger partial charge >= 0.3 is 0 Å². The van der Waals surface area contributed by atoms with Gasteiger partial charge in [-0.25, -0.2) is 0 Å². The molecule has 1 atom stereocenters. The topological polar surface area (TPSA) is 41.9 Å². The quantitative estimate of drug-likeness (QED) is 0.853. The third-order valence-corrected chi connectivity index (χ3v) is 3.40. The average Bonchev–Trinajstić information content (AvgIpc) is 2.46. The van der Waals surface area contributed by atoms with Gasteiger partial charge in [0.1, 0.15) is 24.2 Å². The van der Waals surface area contributed by atoms with Gasteiger partial charge in [0.05, 0.1) is 7.11 Å². The number of benzene rings is 1. The van der Waals surface area contributed by atoms with Gasteiger partial charge < -0.3 is 19.5 Å². The molecule has 1 heterocycles. The standard InChI is InChI=1S/C15H23NO3/c1-18-14-6-5-7-15(10-14)19-12-13(17)11-16-8-3-2-4-9-16/h5-7,10,13,17H,2-4,8-9,11-12H2,1H3. The number of rotatable bonds is 6. The van der Waals surface area contributed by atoms with Gasteiger partial charge in [-0.15, -0.1) is 0 Å². The van der Waals surface area contributed by atoms with Gasteiger partial charge in [0, 0.05) is 12.6 Å². The second-order valence-corrected chi connectivity index (χ2v) is 5.01. The summed E-state index contributed by atoms with van der Waals surface area (Å²) < 4.78 is 10.7. The van der Waals surface area contributed by atoms with Crippen LogP contribution < -0.4 is 9.47 Å². The van der Waals surface area contributed by atoms with Gasteiger partial charge in [-0.3, -0.25) is 0 Å². The summed E-state index contributed by atoms with van der Waals surface area (Å²) in [5.74, 6) is 1.50. The molecular formula is C15H23NO3. The zero-order chi connectivity index (χ0) is 13.5. The van der Waals surface area contributed by atoms with Crippen LogP contribution in [0.4, 0.5) is 0 Å². The number of β-amino-alcohol motifs (C(OH)–C–C–N with tert-alkyl or cyclic N) is 1. The monoisotopic (exact) mass is 265 g/mol. The summed E-state index contributed by atoms with van der Waals surface area (Å²) in [6.45, 7) is 3.21. The average molecular weight is 265 g/mol. The summed E-state index contributed by atoms with van der Waals surface area (Å²) >= 11 is 0. The van der Waals surface area contributed by atoms with E-state index in [1.807, 2.05) is 24.3 Å². The Kier molecular flexibility index (Phi) is 5.48. The molecule has 106 valence electrons. The van der Waals surface area contributed by atoms with Crippen LogP contribution in [0.5, 0.6) is 11.5 Å². The highest BCUT2D eigenvalue weighted by Crippen LogP contribution is 2.19. The molecule has 0 saturated carbocycles. The van der Waals surface area contributed by atoms with E-state index in [1.54, 1.807) is 7.11 Å². The lowest BCUT2D eigenvalue weighted by molar-refractivity contribution is 0.0616. The van der Waals surface area contributed by atoms with E-state index in [9.17, 15) is 5.11 Å². The maximum Gasteiger partial charge on any atom is 0.123 e. The Labute approximate surface area is 114 Å². The van der Waals surface area contributed by atoms with Crippen LogP contribution in [0.3, 0.4) is 0 Å². The summed E-state index contributed by atoms with van der Waals surface area (Å²) in [6, 6.07) is 7.45. The van der Waals surface area contributed by atoms with E-state index in [2.05, 4.69) is 4.90 Å². The van der Waals surface area contributed by atoms with Crippen LogP contribution in [0.15, 0.2) is 24.3 Å². The second kappa shape index (κ2) is 7.36. The van der Waals surface area contributed by atoms with Crippen LogP contribution in [0, 0.1) is 0 Å². The van der Waals surface area contributed by atoms with Gasteiger partial charge in [0.15, 0.2) is 0 Å². The van der Waals surface area contributed by atoms with Crippen molar-refractivity contribution in [3.63, 3.8) is 0 Å². The molecule has 19 heavy (non-hydrogen) atoms. The van der Waals surface area contributed by atoms with E-state index in [1.165, 1.54) is 19.3 Å². The molecule has 2 rings (SSSR count). The molecule has 0 bridgehead atoms. The molecule has 4 heteroatoms. The lowest BCUT2D eigenvalue weighted by Gasteiger charge is -2.28. The van der Waals surface area contributed by atoms with E-state index >= 15 is 0 Å². The predicted molar refractivity (Wildman–Crippen MR) is 74.8 cm³/mol. The van der Waals surface area contributed by atoms with Crippen molar-refractivity contribution in [3.8, 4) is 11.5 Å². The fourth-order valence-corrected chi connectivity index (χ4v) is 2.38. The summed E-state index contributed by atoms with van der Waals surface area (Å²) in [7, 11) is 1.63. The first-order chi connectivity index (χ1) is 9.28. The zero-order valence-corrected chi connectivity index (χ0v) is 11.5. The Hall–Kier alpha value is -1.26. The van der Waals surface area contributed by atoms with Crippen LogP contribution >= 0.6 is 0 Å². The van der Waals surface area contributed by atoms with Crippen LogP contribution in [0.2, 0.25) is 0 Å². The molecule has 4 nitrogen and oxygen atoms in total. The fraction of sp³-hybridized carbons (Fsp3) is 0.600. The van der Waals surface area contributed by atoms with Gasteiger partial charge in [-0.05, 0) is 38.1 Å². The van der Waals surface area contributed by atoms with Crippen molar-refractivity contribution in [3.05, 3.63) is 24.3 Å². The van der Waals surface area contributed by atoms with Gasteiger partial charge in [0.25, 0.3) is 0 Å². The number of piperidine rings is 1. The van der Waals surface area contributed by atoms with Crippen molar-refractivity contribution >= 4 is 0 Å². The Morgan fingerprint density at radius 1 is 1.21 bits per heavy atom. The first-order valence-corrected chi connectivity index (χ1v) is 6.95. The molecule has 0 amide bonds. The van der Waals surface area contributed by atoms with E-state index in [4.69, 9.17) is 9.47 Å². The summed E-state index contributed by atoms with van der Waals surface area (Å²) in [4.78, 5) is 2.31. The number of hydrogen-bond acceptors (Lipinski definition) is 4. The highest BCUT2D eigenvalue weighted by molar-refractivity contribution is 5.32. The maximum atomic E-state index is 9.99. The number of aliphatic hydroxyl groups excluding tert-OH is 1. The summed E-state index contributed by atoms with van der Waals surface area (Å²) in [5, 5.41) is 9.99. The van der Waals surface area contributed by atoms with Crippen LogP contribution in [0.25, 0.3) is 0 Å². The number of aliphatic hydroxyl groups is 1. The van der Waals surface area contributed by atoms with E-state index in [0.717, 1.165) is 24.6 Å². The van der Waals surface area contributed by atoms with Crippen LogP contribution in [-0.2, 0) is 0 Å². The van der Waals surface area contributed by atoms with Crippen LogP contribution in [0.1, 0.15) is 19.3 Å². The van der Waals surface area contributed by atoms with Gasteiger partial charge in [-0.1, -0.05) is 12.5 Å². The lowest BCUT2D eigenvalue weighted by atomic mass is 10.1. The summed E-state index contributed by atoms with van der Waals surface area (Å²) in [6.07, 6.45) is 3.35. The minimum absolute atomic E-state index is 0.323. The molecule has 1 aromatic rings. The molecule has 1 N–H and O–H groups in total. The van der Waals surface area contributed by atoms with E-state index in [-0.39, 0.29) is 0 Å². The normalized spacial score (nSPS) is 18.0. The number of nitrogens with zero attached hydrogens (tertiary/aromatic N) is 1. The van der Waals surface area contributed by atoms with Crippen LogP contribution in [-0.4, -0.2) is 49.5 Å². The Morgan fingerprint density at radius 2 is 1.95 bits per heavy atom. The summed E-state index contributed by atoms with van der Waals surface area (Å²) in [5.41, 5.74) is 0. The van der Waals surface area contributed by atoms with E-state index in [0.29, 0.717) is 13.2 Å². The van der Waals surface area contributed by atoms with Gasteiger partial charge in [0.2, 0.25) is 0 Å². The number of ether oxygens (including phenoxy) is 2. The molecule has 1 aliphatic heterocycles. The second-order valence-electron chi connectivity index (χ2n) is 5.01. The largest absolute Gasteiger partial charge is 0.497 e. The smallest absolute Gasteiger partial charge is 0.123 e. The fourth-order valence-electron chi connectivity index (χ4n) is 2.38. The van der Waals surface area contributed by atoms with E-state index < -0.39 is 6.10 Å². The third kappa shape index (κ3) is 4.73. The Morgan fingerprint density at radius 3 is 2.68 bits per heavy atom. The molecule has 1 fully saturated rings. The SMILES string of the molecule is COc1cccc(OCC(O)CN2CCCCC2)c1. The molecule has 1 unspecified atom stereocenters. The highest BCUT2D eigenvalue weighted by Gasteiger charge is 2.15. The molecule has 0 radical (unpaired) electrons. The number of likely N-dealkylation sites (tertiary alicyclic amines) is 1. The lowest BCUT2D eigenvalue weighted by Crippen LogP contribution is -2.38. The van der Waals surface area contributed by atoms with Crippen molar-refractivity contribution < 1.29 is 14.6 Å². The molecule has 1 aromatic carbocycles. The zero-order valence-electron chi connectivity index (χ0n) is 11.5. The molecule has 1 aliphatic rings. The minimum atomic E-state index is -0.440. The Bertz CT molecular complexity index is 377. The first-order valence-electron chi connectivity index (χ1n) is 6.95. The number of methoxy groups -OCH3 is 1. The third-order valence-electron chi connectivity index (χ3n) is 3.40. The molecule has 0 aliphatic carbocycles. The maximum absolute atomic E-state index is 9.99. The minimum Gasteiger partial charge on any atom is -0.497 e. The van der Waals surface area contributed by atoms with Crippen molar-refractivity contribution in [2.75, 3.05) is 33.4 Å². The molecular weight excluding hydrogens is 242 g/mol. The molecule has 0 aromatic heterocycles. The van der Waals surface area contributed by atoms with Crippen molar-refractivity contribution in [2.24, 2.45) is 0 Å². The predicted octanol–water partition coefficient (Wildman–Crippen LogP) is 1.92. The van der Waals surface area contributed by atoms with Crippen molar-refractivity contribution in [1.82, 2.24) is 4.90 Å².